The minimum Gasteiger partial charge on any atom is -0.467 e. The Hall–Kier alpha value is -1.81. The summed E-state index contributed by atoms with van der Waals surface area (Å²) in [4.78, 5) is 6.49. The number of furan rings is 1. The van der Waals surface area contributed by atoms with E-state index in [2.05, 4.69) is 16.0 Å². The van der Waals surface area contributed by atoms with Crippen molar-refractivity contribution in [1.82, 2.24) is 4.98 Å². The highest BCUT2D eigenvalue weighted by Crippen LogP contribution is 2.14. The number of nitrogens with two attached hydrogens (primary N) is 1. The molecule has 2 aromatic rings. The molecule has 18 heavy (non-hydrogen) atoms. The lowest BCUT2D eigenvalue weighted by atomic mass is 10.1. The fourth-order valence-electron chi connectivity index (χ4n) is 1.85. The van der Waals surface area contributed by atoms with Gasteiger partial charge in [0.1, 0.15) is 11.6 Å². The molecule has 2 rings (SSSR count). The van der Waals surface area contributed by atoms with Gasteiger partial charge in [0.15, 0.2) is 0 Å². The third-order valence-corrected chi connectivity index (χ3v) is 2.73. The van der Waals surface area contributed by atoms with Gasteiger partial charge in [-0.25, -0.2) is 4.98 Å². The standard InChI is InChI=1S/C14H19N3O/c1-11(15)8-12-5-6-14(16-9-12)17(2)10-13-4-3-7-18-13/h3-7,9,11H,8,10,15H2,1-2H3. The molecule has 0 fully saturated rings. The van der Waals surface area contributed by atoms with Crippen molar-refractivity contribution in [3.8, 4) is 0 Å². The number of anilines is 1. The summed E-state index contributed by atoms with van der Waals surface area (Å²) in [6.07, 6.45) is 4.43. The van der Waals surface area contributed by atoms with Gasteiger partial charge in [-0.3, -0.25) is 0 Å². The minimum atomic E-state index is 0.165. The molecule has 4 heteroatoms. The van der Waals surface area contributed by atoms with Crippen LogP contribution in [0.5, 0.6) is 0 Å². The summed E-state index contributed by atoms with van der Waals surface area (Å²) >= 11 is 0. The van der Waals surface area contributed by atoms with E-state index in [0.29, 0.717) is 6.54 Å². The molecule has 2 heterocycles. The van der Waals surface area contributed by atoms with Crippen LogP contribution in [0.2, 0.25) is 0 Å². The Morgan fingerprint density at radius 2 is 2.22 bits per heavy atom. The molecule has 96 valence electrons. The van der Waals surface area contributed by atoms with Crippen LogP contribution in [0.4, 0.5) is 5.82 Å². The molecule has 0 bridgehead atoms. The third kappa shape index (κ3) is 3.34. The Bertz CT molecular complexity index is 462. The molecule has 0 saturated heterocycles. The maximum atomic E-state index is 5.76. The maximum absolute atomic E-state index is 5.76. The van der Waals surface area contributed by atoms with Crippen molar-refractivity contribution in [2.45, 2.75) is 25.9 Å². The van der Waals surface area contributed by atoms with Crippen LogP contribution in [-0.2, 0) is 13.0 Å². The zero-order chi connectivity index (χ0) is 13.0. The van der Waals surface area contributed by atoms with E-state index in [1.807, 2.05) is 38.4 Å². The van der Waals surface area contributed by atoms with Crippen molar-refractivity contribution in [2.24, 2.45) is 5.73 Å². The van der Waals surface area contributed by atoms with Gasteiger partial charge in [0.05, 0.1) is 12.8 Å². The lowest BCUT2D eigenvalue weighted by Gasteiger charge is -2.17. The van der Waals surface area contributed by atoms with Gasteiger partial charge >= 0.3 is 0 Å². The lowest BCUT2D eigenvalue weighted by Crippen LogP contribution is -2.19. The zero-order valence-corrected chi connectivity index (χ0v) is 10.8. The zero-order valence-electron chi connectivity index (χ0n) is 10.8. The molecular formula is C14H19N3O. The molecule has 0 aromatic carbocycles. The van der Waals surface area contributed by atoms with Crippen LogP contribution in [0.1, 0.15) is 18.2 Å². The van der Waals surface area contributed by atoms with E-state index in [-0.39, 0.29) is 6.04 Å². The minimum absolute atomic E-state index is 0.165. The highest BCUT2D eigenvalue weighted by atomic mass is 16.3. The predicted octanol–water partition coefficient (Wildman–Crippen LogP) is 2.20. The van der Waals surface area contributed by atoms with Gasteiger partial charge in [-0.2, -0.15) is 0 Å². The average molecular weight is 245 g/mol. The second kappa shape index (κ2) is 5.69. The number of hydrogen-bond acceptors (Lipinski definition) is 4. The molecule has 0 radical (unpaired) electrons. The fraction of sp³-hybridized carbons (Fsp3) is 0.357. The Balaban J connectivity index is 2.00. The van der Waals surface area contributed by atoms with Gasteiger partial charge in [0, 0.05) is 19.3 Å². The molecule has 4 nitrogen and oxygen atoms in total. The van der Waals surface area contributed by atoms with Gasteiger partial charge in [-0.1, -0.05) is 6.07 Å². The highest BCUT2D eigenvalue weighted by molar-refractivity contribution is 5.38. The van der Waals surface area contributed by atoms with Gasteiger partial charge in [0.2, 0.25) is 0 Å². The SMILES string of the molecule is CC(N)Cc1ccc(N(C)Cc2ccco2)nc1. The maximum Gasteiger partial charge on any atom is 0.128 e. The predicted molar refractivity (Wildman–Crippen MR) is 72.4 cm³/mol. The molecular weight excluding hydrogens is 226 g/mol. The van der Waals surface area contributed by atoms with E-state index in [1.54, 1.807) is 6.26 Å². The number of rotatable bonds is 5. The van der Waals surface area contributed by atoms with Crippen LogP contribution in [-0.4, -0.2) is 18.1 Å². The Kier molecular flexibility index (Phi) is 3.99. The molecule has 0 aliphatic carbocycles. The molecule has 0 saturated carbocycles. The Morgan fingerprint density at radius 1 is 1.39 bits per heavy atom. The largest absolute Gasteiger partial charge is 0.467 e. The lowest BCUT2D eigenvalue weighted by molar-refractivity contribution is 0.507. The average Bonchev–Trinajstić information content (AvgIpc) is 2.82. The molecule has 0 aliphatic rings. The van der Waals surface area contributed by atoms with Crippen molar-refractivity contribution >= 4 is 5.82 Å². The van der Waals surface area contributed by atoms with E-state index >= 15 is 0 Å². The number of aromatic nitrogens is 1. The molecule has 2 aromatic heterocycles. The van der Waals surface area contributed by atoms with Crippen LogP contribution in [0.15, 0.2) is 41.1 Å². The van der Waals surface area contributed by atoms with Gasteiger partial charge in [0.25, 0.3) is 0 Å². The molecule has 0 aliphatic heterocycles. The highest BCUT2D eigenvalue weighted by Gasteiger charge is 2.06. The van der Waals surface area contributed by atoms with Crippen molar-refractivity contribution in [3.63, 3.8) is 0 Å². The summed E-state index contributed by atoms with van der Waals surface area (Å²) in [6.45, 7) is 2.71. The summed E-state index contributed by atoms with van der Waals surface area (Å²) in [7, 11) is 2.00. The molecule has 2 N–H and O–H groups in total. The number of nitrogens with zero attached hydrogens (tertiary/aromatic N) is 2. The normalized spacial score (nSPS) is 12.4. The summed E-state index contributed by atoms with van der Waals surface area (Å²) in [5.41, 5.74) is 6.93. The van der Waals surface area contributed by atoms with Crippen molar-refractivity contribution in [1.29, 1.82) is 0 Å². The van der Waals surface area contributed by atoms with Gasteiger partial charge < -0.3 is 15.1 Å². The summed E-state index contributed by atoms with van der Waals surface area (Å²) in [5.74, 6) is 1.86. The van der Waals surface area contributed by atoms with Crippen molar-refractivity contribution < 1.29 is 4.42 Å². The van der Waals surface area contributed by atoms with Crippen LogP contribution >= 0.6 is 0 Å². The summed E-state index contributed by atoms with van der Waals surface area (Å²) < 4.78 is 5.32. The second-order valence-electron chi connectivity index (χ2n) is 4.64. The van der Waals surface area contributed by atoms with Crippen LogP contribution < -0.4 is 10.6 Å². The number of pyridine rings is 1. The van der Waals surface area contributed by atoms with Crippen LogP contribution in [0.3, 0.4) is 0 Å². The van der Waals surface area contributed by atoms with Crippen molar-refractivity contribution in [2.75, 3.05) is 11.9 Å². The third-order valence-electron chi connectivity index (χ3n) is 2.73. The summed E-state index contributed by atoms with van der Waals surface area (Å²) in [5, 5.41) is 0. The first-order chi connectivity index (χ1) is 8.65. The first-order valence-corrected chi connectivity index (χ1v) is 6.09. The summed E-state index contributed by atoms with van der Waals surface area (Å²) in [6, 6.07) is 8.10. The van der Waals surface area contributed by atoms with Gasteiger partial charge in [-0.15, -0.1) is 0 Å². The van der Waals surface area contributed by atoms with E-state index in [9.17, 15) is 0 Å². The van der Waals surface area contributed by atoms with E-state index < -0.39 is 0 Å². The fourth-order valence-corrected chi connectivity index (χ4v) is 1.85. The van der Waals surface area contributed by atoms with Crippen LogP contribution in [0.25, 0.3) is 0 Å². The molecule has 1 unspecified atom stereocenters. The number of hydrogen-bond donors (Lipinski definition) is 1. The molecule has 0 spiro atoms. The molecule has 0 amide bonds. The second-order valence-corrected chi connectivity index (χ2v) is 4.64. The monoisotopic (exact) mass is 245 g/mol. The van der Waals surface area contributed by atoms with Crippen molar-refractivity contribution in [3.05, 3.63) is 48.0 Å². The quantitative estimate of drug-likeness (QED) is 0.877. The van der Waals surface area contributed by atoms with E-state index in [0.717, 1.165) is 18.0 Å². The topological polar surface area (TPSA) is 55.3 Å². The Morgan fingerprint density at radius 3 is 2.78 bits per heavy atom. The van der Waals surface area contributed by atoms with Gasteiger partial charge in [-0.05, 0) is 37.1 Å². The first kappa shape index (κ1) is 12.6. The van der Waals surface area contributed by atoms with E-state index in [4.69, 9.17) is 10.2 Å². The van der Waals surface area contributed by atoms with E-state index in [1.165, 1.54) is 5.56 Å². The Labute approximate surface area is 107 Å². The molecule has 1 atom stereocenters. The smallest absolute Gasteiger partial charge is 0.128 e. The first-order valence-electron chi connectivity index (χ1n) is 6.09. The van der Waals surface area contributed by atoms with Crippen LogP contribution in [0, 0.1) is 0 Å².